The molecule has 0 radical (unpaired) electrons. The molecule has 1 aliphatic rings. The third-order valence-corrected chi connectivity index (χ3v) is 3.78. The van der Waals surface area contributed by atoms with Crippen molar-refractivity contribution in [2.24, 2.45) is 18.7 Å². The van der Waals surface area contributed by atoms with Crippen molar-refractivity contribution in [2.45, 2.75) is 44.6 Å². The monoisotopic (exact) mass is 207 g/mol. The maximum absolute atomic E-state index is 6.20. The van der Waals surface area contributed by atoms with Gasteiger partial charge in [0.05, 0.1) is 0 Å². The van der Waals surface area contributed by atoms with Gasteiger partial charge in [-0.05, 0) is 25.2 Å². The summed E-state index contributed by atoms with van der Waals surface area (Å²) in [5.41, 5.74) is 6.20. The second-order valence-electron chi connectivity index (χ2n) is 4.75. The topological polar surface area (TPSA) is 43.8 Å². The van der Waals surface area contributed by atoms with E-state index in [2.05, 4.69) is 23.5 Å². The van der Waals surface area contributed by atoms with Crippen molar-refractivity contribution in [2.75, 3.05) is 0 Å². The van der Waals surface area contributed by atoms with Gasteiger partial charge in [-0.15, -0.1) is 0 Å². The zero-order valence-electron chi connectivity index (χ0n) is 9.69. The summed E-state index contributed by atoms with van der Waals surface area (Å²) >= 11 is 0. The summed E-state index contributed by atoms with van der Waals surface area (Å²) in [6.07, 6.45) is 8.81. The van der Waals surface area contributed by atoms with Gasteiger partial charge in [-0.25, -0.2) is 4.98 Å². The normalized spacial score (nSPS) is 31.8. The molecule has 3 unspecified atom stereocenters. The van der Waals surface area contributed by atoms with Crippen LogP contribution < -0.4 is 5.73 Å². The van der Waals surface area contributed by atoms with Gasteiger partial charge in [-0.1, -0.05) is 13.3 Å². The second-order valence-corrected chi connectivity index (χ2v) is 4.75. The standard InChI is InChI=1S/C12H21N3/c1-3-9-4-5-11(13)10(8-9)12-14-6-7-15(12)2/h6-7,9-11H,3-5,8,13H2,1-2H3. The first-order valence-electron chi connectivity index (χ1n) is 5.95. The summed E-state index contributed by atoms with van der Waals surface area (Å²) in [4.78, 5) is 4.44. The van der Waals surface area contributed by atoms with Crippen molar-refractivity contribution < 1.29 is 0 Å². The third kappa shape index (κ3) is 2.07. The molecule has 0 aliphatic heterocycles. The fourth-order valence-corrected chi connectivity index (χ4v) is 2.68. The predicted octanol–water partition coefficient (Wildman–Crippen LogP) is 2.04. The zero-order valence-corrected chi connectivity index (χ0v) is 9.69. The highest BCUT2D eigenvalue weighted by atomic mass is 15.0. The molecule has 1 aromatic rings. The summed E-state index contributed by atoms with van der Waals surface area (Å²) in [6.45, 7) is 2.27. The van der Waals surface area contributed by atoms with Crippen LogP contribution in [0.1, 0.15) is 44.3 Å². The van der Waals surface area contributed by atoms with Gasteiger partial charge in [0.1, 0.15) is 5.82 Å². The van der Waals surface area contributed by atoms with Gasteiger partial charge in [-0.3, -0.25) is 0 Å². The van der Waals surface area contributed by atoms with Crippen LogP contribution >= 0.6 is 0 Å². The molecule has 0 aromatic carbocycles. The van der Waals surface area contributed by atoms with E-state index in [1.807, 2.05) is 12.4 Å². The van der Waals surface area contributed by atoms with Crippen LogP contribution in [0.5, 0.6) is 0 Å². The van der Waals surface area contributed by atoms with E-state index in [-0.39, 0.29) is 0 Å². The molecule has 0 saturated heterocycles. The minimum Gasteiger partial charge on any atom is -0.338 e. The number of aryl methyl sites for hydroxylation is 1. The van der Waals surface area contributed by atoms with E-state index in [1.165, 1.54) is 25.1 Å². The minimum atomic E-state index is 0.300. The first-order valence-corrected chi connectivity index (χ1v) is 5.95. The zero-order chi connectivity index (χ0) is 10.8. The summed E-state index contributed by atoms with van der Waals surface area (Å²) < 4.78 is 2.11. The molecule has 84 valence electrons. The Morgan fingerprint density at radius 3 is 2.93 bits per heavy atom. The van der Waals surface area contributed by atoms with Crippen molar-refractivity contribution in [3.05, 3.63) is 18.2 Å². The Morgan fingerprint density at radius 2 is 2.33 bits per heavy atom. The van der Waals surface area contributed by atoms with Crippen LogP contribution in [0.25, 0.3) is 0 Å². The van der Waals surface area contributed by atoms with Crippen molar-refractivity contribution in [3.8, 4) is 0 Å². The Labute approximate surface area is 91.7 Å². The fourth-order valence-electron chi connectivity index (χ4n) is 2.68. The van der Waals surface area contributed by atoms with Gasteiger partial charge in [0.2, 0.25) is 0 Å². The Morgan fingerprint density at radius 1 is 1.53 bits per heavy atom. The number of hydrogen-bond donors (Lipinski definition) is 1. The molecule has 3 atom stereocenters. The molecule has 3 heteroatoms. The number of nitrogens with zero attached hydrogens (tertiary/aromatic N) is 2. The first kappa shape index (κ1) is 10.7. The average Bonchev–Trinajstić information content (AvgIpc) is 2.65. The number of hydrogen-bond acceptors (Lipinski definition) is 2. The molecule has 0 amide bonds. The molecule has 0 bridgehead atoms. The molecule has 1 saturated carbocycles. The molecule has 0 spiro atoms. The first-order chi connectivity index (χ1) is 7.22. The molecule has 1 aromatic heterocycles. The fraction of sp³-hybridized carbons (Fsp3) is 0.750. The van der Waals surface area contributed by atoms with Crippen molar-refractivity contribution >= 4 is 0 Å². The molecule has 1 heterocycles. The van der Waals surface area contributed by atoms with Gasteiger partial charge >= 0.3 is 0 Å². The Hall–Kier alpha value is -0.830. The van der Waals surface area contributed by atoms with E-state index in [4.69, 9.17) is 5.73 Å². The smallest absolute Gasteiger partial charge is 0.113 e. The van der Waals surface area contributed by atoms with E-state index in [0.29, 0.717) is 12.0 Å². The highest BCUT2D eigenvalue weighted by molar-refractivity contribution is 5.06. The van der Waals surface area contributed by atoms with E-state index in [9.17, 15) is 0 Å². The maximum atomic E-state index is 6.20. The third-order valence-electron chi connectivity index (χ3n) is 3.78. The van der Waals surface area contributed by atoms with Gasteiger partial charge in [0.15, 0.2) is 0 Å². The highest BCUT2D eigenvalue weighted by Crippen LogP contribution is 2.35. The van der Waals surface area contributed by atoms with Crippen LogP contribution in [0, 0.1) is 5.92 Å². The Balaban J connectivity index is 2.16. The average molecular weight is 207 g/mol. The molecule has 1 fully saturated rings. The lowest BCUT2D eigenvalue weighted by atomic mass is 9.77. The molecule has 15 heavy (non-hydrogen) atoms. The number of aromatic nitrogens is 2. The number of rotatable bonds is 2. The number of nitrogens with two attached hydrogens (primary N) is 1. The lowest BCUT2D eigenvalue weighted by Crippen LogP contribution is -2.35. The predicted molar refractivity (Wildman–Crippen MR) is 61.6 cm³/mol. The lowest BCUT2D eigenvalue weighted by molar-refractivity contribution is 0.272. The van der Waals surface area contributed by atoms with E-state index >= 15 is 0 Å². The van der Waals surface area contributed by atoms with Crippen LogP contribution in [0.3, 0.4) is 0 Å². The quantitative estimate of drug-likeness (QED) is 0.806. The lowest BCUT2D eigenvalue weighted by Gasteiger charge is -2.33. The van der Waals surface area contributed by atoms with E-state index in [1.54, 1.807) is 0 Å². The van der Waals surface area contributed by atoms with Gasteiger partial charge in [-0.2, -0.15) is 0 Å². The largest absolute Gasteiger partial charge is 0.338 e. The molecular weight excluding hydrogens is 186 g/mol. The van der Waals surface area contributed by atoms with Gasteiger partial charge in [0, 0.05) is 31.4 Å². The molecule has 2 N–H and O–H groups in total. The van der Waals surface area contributed by atoms with E-state index in [0.717, 1.165) is 12.3 Å². The molecule has 1 aliphatic carbocycles. The number of imidazole rings is 1. The van der Waals surface area contributed by atoms with Crippen molar-refractivity contribution in [1.29, 1.82) is 0 Å². The van der Waals surface area contributed by atoms with Crippen LogP contribution in [-0.4, -0.2) is 15.6 Å². The summed E-state index contributed by atoms with van der Waals surface area (Å²) in [5.74, 6) is 2.47. The summed E-state index contributed by atoms with van der Waals surface area (Å²) in [5, 5.41) is 0. The van der Waals surface area contributed by atoms with Crippen LogP contribution in [0.4, 0.5) is 0 Å². The maximum Gasteiger partial charge on any atom is 0.113 e. The van der Waals surface area contributed by atoms with Crippen molar-refractivity contribution in [1.82, 2.24) is 9.55 Å². The second kappa shape index (κ2) is 4.35. The summed E-state index contributed by atoms with van der Waals surface area (Å²) in [6, 6.07) is 0.300. The molecule has 3 nitrogen and oxygen atoms in total. The highest BCUT2D eigenvalue weighted by Gasteiger charge is 2.30. The van der Waals surface area contributed by atoms with Gasteiger partial charge in [0.25, 0.3) is 0 Å². The minimum absolute atomic E-state index is 0.300. The van der Waals surface area contributed by atoms with Crippen molar-refractivity contribution in [3.63, 3.8) is 0 Å². The SMILES string of the molecule is CCC1CCC(N)C(c2nccn2C)C1. The molecular formula is C12H21N3. The van der Waals surface area contributed by atoms with Gasteiger partial charge < -0.3 is 10.3 Å². The summed E-state index contributed by atoms with van der Waals surface area (Å²) in [7, 11) is 2.06. The van der Waals surface area contributed by atoms with Crippen LogP contribution in [0.2, 0.25) is 0 Å². The van der Waals surface area contributed by atoms with Crippen LogP contribution in [-0.2, 0) is 7.05 Å². The van der Waals surface area contributed by atoms with Crippen LogP contribution in [0.15, 0.2) is 12.4 Å². The molecule has 2 rings (SSSR count). The Kier molecular flexibility index (Phi) is 3.10. The van der Waals surface area contributed by atoms with E-state index < -0.39 is 0 Å². The Bertz CT molecular complexity index is 318.